The number of H-pyrrole nitrogens is 1. The maximum absolute atomic E-state index is 12.4. The Morgan fingerprint density at radius 3 is 2.60 bits per heavy atom. The van der Waals surface area contributed by atoms with Gasteiger partial charge in [0.25, 0.3) is 5.56 Å². The van der Waals surface area contributed by atoms with Gasteiger partial charge in [-0.15, -0.1) is 5.10 Å². The van der Waals surface area contributed by atoms with Gasteiger partial charge < -0.3 is 13.9 Å². The van der Waals surface area contributed by atoms with E-state index in [-0.39, 0.29) is 5.56 Å². The molecule has 0 unspecified atom stereocenters. The van der Waals surface area contributed by atoms with Gasteiger partial charge in [0.15, 0.2) is 0 Å². The summed E-state index contributed by atoms with van der Waals surface area (Å²) in [4.78, 5) is 17.1. The quantitative estimate of drug-likeness (QED) is 0.329. The van der Waals surface area contributed by atoms with Gasteiger partial charge in [0.1, 0.15) is 22.8 Å². The molecule has 3 aromatic heterocycles. The van der Waals surface area contributed by atoms with Gasteiger partial charge in [0, 0.05) is 17.4 Å². The number of aryl methyl sites for hydroxylation is 2. The average molecular weight is 490 g/mol. The highest BCUT2D eigenvalue weighted by atomic mass is 32.2. The van der Waals surface area contributed by atoms with Gasteiger partial charge in [-0.2, -0.15) is 5.10 Å². The van der Waals surface area contributed by atoms with E-state index in [0.29, 0.717) is 45.3 Å². The second-order valence-electron chi connectivity index (χ2n) is 7.90. The lowest BCUT2D eigenvalue weighted by atomic mass is 10.1. The highest BCUT2D eigenvalue weighted by Gasteiger charge is 2.18. The largest absolute Gasteiger partial charge is 0.497 e. The number of rotatable bonds is 7. The van der Waals surface area contributed by atoms with Crippen molar-refractivity contribution in [1.29, 1.82) is 0 Å². The predicted octanol–water partition coefficient (Wildman–Crippen LogP) is 4.67. The minimum absolute atomic E-state index is 0.299. The van der Waals surface area contributed by atoms with E-state index < -0.39 is 0 Å². The van der Waals surface area contributed by atoms with E-state index in [0.717, 1.165) is 22.4 Å². The highest BCUT2D eigenvalue weighted by Crippen LogP contribution is 2.34. The number of fused-ring (bicyclic) bond motifs is 1. The van der Waals surface area contributed by atoms with E-state index in [1.165, 1.54) is 11.8 Å². The number of thioether (sulfide) groups is 1. The maximum atomic E-state index is 12.4. The van der Waals surface area contributed by atoms with Gasteiger partial charge in [0.2, 0.25) is 11.0 Å². The zero-order chi connectivity index (χ0) is 24.5. The number of ether oxygens (including phenoxy) is 2. The second kappa shape index (κ2) is 9.30. The van der Waals surface area contributed by atoms with E-state index in [9.17, 15) is 4.79 Å². The summed E-state index contributed by atoms with van der Waals surface area (Å²) in [6.45, 7) is 3.89. The van der Waals surface area contributed by atoms with Crippen molar-refractivity contribution in [2.45, 2.75) is 24.8 Å². The van der Waals surface area contributed by atoms with Crippen molar-refractivity contribution in [1.82, 2.24) is 24.8 Å². The molecule has 0 radical (unpaired) electrons. The van der Waals surface area contributed by atoms with Crippen LogP contribution in [0.15, 0.2) is 62.9 Å². The normalized spacial score (nSPS) is 11.2. The van der Waals surface area contributed by atoms with Crippen LogP contribution in [0, 0.1) is 13.8 Å². The highest BCUT2D eigenvalue weighted by molar-refractivity contribution is 7.98. The summed E-state index contributed by atoms with van der Waals surface area (Å²) < 4.78 is 18.3. The van der Waals surface area contributed by atoms with Crippen LogP contribution in [0.4, 0.5) is 0 Å². The van der Waals surface area contributed by atoms with Gasteiger partial charge in [-0.25, -0.2) is 14.6 Å². The van der Waals surface area contributed by atoms with Crippen LogP contribution in [0.25, 0.3) is 28.2 Å². The molecule has 10 heteroatoms. The fraction of sp³-hybridized carbons (Fsp3) is 0.200. The molecule has 0 aliphatic rings. The number of nitrogens with zero attached hydrogens (tertiary/aromatic N) is 4. The first-order chi connectivity index (χ1) is 17.0. The number of hydrogen-bond acceptors (Lipinski definition) is 8. The second-order valence-corrected chi connectivity index (χ2v) is 8.85. The number of aromatic nitrogens is 5. The zero-order valence-corrected chi connectivity index (χ0v) is 20.5. The van der Waals surface area contributed by atoms with E-state index in [1.54, 1.807) is 30.9 Å². The van der Waals surface area contributed by atoms with Gasteiger partial charge in [-0.1, -0.05) is 41.6 Å². The molecule has 0 saturated carbocycles. The number of aromatic amines is 1. The smallest absolute Gasteiger partial charge is 0.290 e. The Labute approximate surface area is 205 Å². The standard InChI is InChI=1S/C25H23N5O4S/c1-14-5-7-16(8-6-14)19-12-21-23(31)27-28-25(30(21)29-19)35-13-20-15(2)34-24(26-20)18-10-9-17(32-3)11-22(18)33-4/h5-12H,13H2,1-4H3,(H,27,31). The van der Waals surface area contributed by atoms with Crippen LogP contribution >= 0.6 is 11.8 Å². The third kappa shape index (κ3) is 4.40. The van der Waals surface area contributed by atoms with Crippen LogP contribution in [-0.4, -0.2) is 39.0 Å². The summed E-state index contributed by atoms with van der Waals surface area (Å²) in [7, 11) is 3.19. The molecular weight excluding hydrogens is 466 g/mol. The molecule has 9 nitrogen and oxygen atoms in total. The molecule has 0 aliphatic carbocycles. The predicted molar refractivity (Wildman–Crippen MR) is 133 cm³/mol. The lowest BCUT2D eigenvalue weighted by Gasteiger charge is -2.07. The Balaban J connectivity index is 1.43. The molecule has 0 fully saturated rings. The number of nitrogens with one attached hydrogen (secondary N) is 1. The summed E-state index contributed by atoms with van der Waals surface area (Å²) >= 11 is 1.41. The topological polar surface area (TPSA) is 108 Å². The van der Waals surface area contributed by atoms with E-state index in [1.807, 2.05) is 50.2 Å². The minimum Gasteiger partial charge on any atom is -0.497 e. The van der Waals surface area contributed by atoms with Crippen LogP contribution in [0.5, 0.6) is 11.5 Å². The minimum atomic E-state index is -0.299. The Kier molecular flexibility index (Phi) is 6.04. The summed E-state index contributed by atoms with van der Waals surface area (Å²) in [6, 6.07) is 15.2. The zero-order valence-electron chi connectivity index (χ0n) is 19.7. The lowest BCUT2D eigenvalue weighted by Crippen LogP contribution is -2.13. The fourth-order valence-corrected chi connectivity index (χ4v) is 4.54. The van der Waals surface area contributed by atoms with E-state index in [2.05, 4.69) is 20.3 Å². The molecule has 0 atom stereocenters. The van der Waals surface area contributed by atoms with E-state index in [4.69, 9.17) is 13.9 Å². The van der Waals surface area contributed by atoms with Gasteiger partial charge in [0.05, 0.1) is 31.2 Å². The molecule has 0 aliphatic heterocycles. The lowest BCUT2D eigenvalue weighted by molar-refractivity contribution is 0.394. The summed E-state index contributed by atoms with van der Waals surface area (Å²) in [6.07, 6.45) is 0. The molecule has 2 aromatic carbocycles. The monoisotopic (exact) mass is 489 g/mol. The number of methoxy groups -OCH3 is 2. The third-order valence-electron chi connectivity index (χ3n) is 5.59. The molecule has 0 bridgehead atoms. The molecule has 5 aromatic rings. The van der Waals surface area contributed by atoms with Crippen molar-refractivity contribution in [2.24, 2.45) is 0 Å². The van der Waals surface area contributed by atoms with Crippen molar-refractivity contribution in [3.8, 4) is 34.2 Å². The van der Waals surface area contributed by atoms with Crippen molar-refractivity contribution in [3.63, 3.8) is 0 Å². The average Bonchev–Trinajstić information content (AvgIpc) is 3.48. The SMILES string of the molecule is COc1ccc(-c2nc(CSc3n[nH]c(=O)c4cc(-c5ccc(C)cc5)nn34)c(C)o2)c(OC)c1. The number of hydrogen-bond donors (Lipinski definition) is 1. The molecule has 1 N–H and O–H groups in total. The third-order valence-corrected chi connectivity index (χ3v) is 6.53. The maximum Gasteiger partial charge on any atom is 0.290 e. The van der Waals surface area contributed by atoms with E-state index >= 15 is 0 Å². The van der Waals surface area contributed by atoms with Crippen LogP contribution < -0.4 is 15.0 Å². The Bertz CT molecular complexity index is 1570. The van der Waals surface area contributed by atoms with Gasteiger partial charge in [-0.3, -0.25) is 4.79 Å². The van der Waals surface area contributed by atoms with Crippen LogP contribution in [-0.2, 0) is 5.75 Å². The first kappa shape index (κ1) is 22.7. The number of benzene rings is 2. The van der Waals surface area contributed by atoms with Crippen molar-refractivity contribution in [3.05, 3.63) is 75.9 Å². The van der Waals surface area contributed by atoms with Crippen molar-refractivity contribution >= 4 is 17.3 Å². The molecule has 35 heavy (non-hydrogen) atoms. The van der Waals surface area contributed by atoms with Crippen molar-refractivity contribution in [2.75, 3.05) is 14.2 Å². The summed E-state index contributed by atoms with van der Waals surface area (Å²) in [5.74, 6) is 2.91. The van der Waals surface area contributed by atoms with Crippen molar-refractivity contribution < 1.29 is 13.9 Å². The van der Waals surface area contributed by atoms with Crippen LogP contribution in [0.1, 0.15) is 17.0 Å². The molecule has 0 saturated heterocycles. The van der Waals surface area contributed by atoms with Gasteiger partial charge >= 0.3 is 0 Å². The Morgan fingerprint density at radius 2 is 1.86 bits per heavy atom. The fourth-order valence-electron chi connectivity index (χ4n) is 3.64. The summed E-state index contributed by atoms with van der Waals surface area (Å²) in [5.41, 5.74) is 4.41. The first-order valence-electron chi connectivity index (χ1n) is 10.8. The van der Waals surface area contributed by atoms with Crippen LogP contribution in [0.2, 0.25) is 0 Å². The molecule has 3 heterocycles. The number of oxazole rings is 1. The molecular formula is C25H23N5O4S. The van der Waals surface area contributed by atoms with Crippen LogP contribution in [0.3, 0.4) is 0 Å². The Morgan fingerprint density at radius 1 is 1.06 bits per heavy atom. The molecule has 178 valence electrons. The first-order valence-corrected chi connectivity index (χ1v) is 11.8. The summed E-state index contributed by atoms with van der Waals surface area (Å²) in [5, 5.41) is 12.0. The molecule has 5 rings (SSSR count). The van der Waals surface area contributed by atoms with Gasteiger partial charge in [-0.05, 0) is 32.0 Å². The molecule has 0 amide bonds. The molecule has 0 spiro atoms. The Hall–Kier alpha value is -4.05.